The molecular weight excluding hydrogens is 749 g/mol. The first-order chi connectivity index (χ1) is 29.9. The molecule has 6 aromatic carbocycles. The van der Waals surface area contributed by atoms with Crippen molar-refractivity contribution in [3.8, 4) is 22.3 Å². The van der Waals surface area contributed by atoms with Crippen molar-refractivity contribution >= 4 is 34.5 Å². The molecule has 0 radical (unpaired) electrons. The van der Waals surface area contributed by atoms with Crippen LogP contribution in [0.25, 0.3) is 44.2 Å². The van der Waals surface area contributed by atoms with Crippen LogP contribution in [0.1, 0.15) is 67.1 Å². The molecule has 2 aliphatic carbocycles. The van der Waals surface area contributed by atoms with Gasteiger partial charge < -0.3 is 27.0 Å². The molecule has 7 heteroatoms. The van der Waals surface area contributed by atoms with E-state index < -0.39 is 6.17 Å². The largest absolute Gasteiger partial charge is 0.455 e. The van der Waals surface area contributed by atoms with Gasteiger partial charge in [-0.05, 0) is 83.7 Å². The highest BCUT2D eigenvalue weighted by molar-refractivity contribution is 6.10. The summed E-state index contributed by atoms with van der Waals surface area (Å²) in [6.45, 7) is 5.48. The summed E-state index contributed by atoms with van der Waals surface area (Å²) in [5, 5.41) is 8.47. The Labute approximate surface area is 359 Å². The highest BCUT2D eigenvalue weighted by Crippen LogP contribution is 2.37. The number of nitrogens with one attached hydrogen (secondary N) is 1. The van der Waals surface area contributed by atoms with Crippen LogP contribution in [-0.2, 0) is 6.54 Å². The SMILES string of the molecule is C=NN.CC1=CCCC=C1.NC(NC(=NCc1ccccc1C(N)C1=CC=CCC1)c1ccc(-c2cccc3c2oc2cc(-c4ccccc4)ccc23)cc1)c1ccccc1. The van der Waals surface area contributed by atoms with Gasteiger partial charge in [-0.25, -0.2) is 0 Å². The van der Waals surface area contributed by atoms with Crippen LogP contribution in [-0.4, -0.2) is 12.6 Å². The van der Waals surface area contributed by atoms with Gasteiger partial charge in [0.25, 0.3) is 0 Å². The number of hydrazone groups is 1. The fraction of sp³-hybridized carbons (Fsp3) is 0.148. The Morgan fingerprint density at radius 2 is 1.46 bits per heavy atom. The maximum Gasteiger partial charge on any atom is 0.143 e. The van der Waals surface area contributed by atoms with Gasteiger partial charge in [-0.3, -0.25) is 4.99 Å². The minimum atomic E-state index is -0.439. The van der Waals surface area contributed by atoms with Crippen LogP contribution in [0.15, 0.2) is 208 Å². The number of hydrogen-bond donors (Lipinski definition) is 4. The molecule has 7 aromatic rings. The molecule has 2 unspecified atom stereocenters. The lowest BCUT2D eigenvalue weighted by molar-refractivity contribution is 0.670. The van der Waals surface area contributed by atoms with E-state index in [1.54, 1.807) is 0 Å². The van der Waals surface area contributed by atoms with Gasteiger partial charge in [-0.1, -0.05) is 175 Å². The van der Waals surface area contributed by atoms with Crippen LogP contribution in [0.3, 0.4) is 0 Å². The van der Waals surface area contributed by atoms with E-state index in [2.05, 4.69) is 176 Å². The standard InChI is InChI=1S/C46H40N4O.C7H10.CH4N2/c47-43(33-15-6-2-7-16-33)38-20-11-10-19-37(38)30-49-46(50-45(48)34-17-8-3-9-18-34)35-25-23-32(24-26-35)39-21-12-22-41-40-28-27-36(29-42(40)51-44(39)41)31-13-4-1-5-14-31;1-7-5-3-2-4-6-7;1-3-2/h1-6,8-15,17-29,43,45H,7,16,30,47-48H2,(H,49,50);3,5-6H,2,4H2,1H3;1-2H2. The normalized spacial score (nSPS) is 14.4. The second-order valence-corrected chi connectivity index (χ2v) is 15.1. The van der Waals surface area contributed by atoms with Crippen LogP contribution in [0.2, 0.25) is 0 Å². The highest BCUT2D eigenvalue weighted by atomic mass is 16.3. The van der Waals surface area contributed by atoms with Gasteiger partial charge in [0.1, 0.15) is 23.2 Å². The van der Waals surface area contributed by atoms with E-state index in [4.69, 9.17) is 20.9 Å². The van der Waals surface area contributed by atoms with E-state index in [0.29, 0.717) is 6.54 Å². The topological polar surface area (TPSA) is 128 Å². The summed E-state index contributed by atoms with van der Waals surface area (Å²) in [5.74, 6) is 5.08. The molecular formula is C54H54N6O. The van der Waals surface area contributed by atoms with Crippen molar-refractivity contribution in [2.45, 2.75) is 51.4 Å². The van der Waals surface area contributed by atoms with Crippen molar-refractivity contribution in [1.29, 1.82) is 0 Å². The zero-order chi connectivity index (χ0) is 42.4. The van der Waals surface area contributed by atoms with Crippen LogP contribution in [0, 0.1) is 0 Å². The summed E-state index contributed by atoms with van der Waals surface area (Å²) in [6.07, 6.45) is 17.1. The summed E-state index contributed by atoms with van der Waals surface area (Å²) in [5.41, 5.74) is 26.4. The molecule has 306 valence electrons. The number of nitrogens with zero attached hydrogens (tertiary/aromatic N) is 2. The van der Waals surface area contributed by atoms with Gasteiger partial charge in [0.15, 0.2) is 0 Å². The maximum absolute atomic E-state index is 6.82. The van der Waals surface area contributed by atoms with Gasteiger partial charge in [0.2, 0.25) is 0 Å². The molecule has 7 nitrogen and oxygen atoms in total. The lowest BCUT2D eigenvalue weighted by atomic mass is 9.90. The Bertz CT molecular complexity index is 2710. The fourth-order valence-corrected chi connectivity index (χ4v) is 7.73. The Kier molecular flexibility index (Phi) is 14.3. The summed E-state index contributed by atoms with van der Waals surface area (Å²) < 4.78 is 6.57. The number of rotatable bonds is 9. The molecule has 2 aliphatic rings. The van der Waals surface area contributed by atoms with Crippen molar-refractivity contribution in [1.82, 2.24) is 5.32 Å². The van der Waals surface area contributed by atoms with Gasteiger partial charge in [0.05, 0.1) is 12.6 Å². The maximum atomic E-state index is 6.82. The Morgan fingerprint density at radius 3 is 2.15 bits per heavy atom. The molecule has 7 N–H and O–H groups in total. The third-order valence-corrected chi connectivity index (χ3v) is 10.9. The van der Waals surface area contributed by atoms with Crippen molar-refractivity contribution in [2.24, 2.45) is 27.4 Å². The number of fused-ring (bicyclic) bond motifs is 3. The summed E-state index contributed by atoms with van der Waals surface area (Å²) in [6, 6.07) is 49.9. The average Bonchev–Trinajstić information content (AvgIpc) is 3.70. The molecule has 0 saturated heterocycles. The molecule has 1 aromatic heterocycles. The zero-order valence-corrected chi connectivity index (χ0v) is 34.8. The van der Waals surface area contributed by atoms with Crippen LogP contribution >= 0.6 is 0 Å². The van der Waals surface area contributed by atoms with E-state index in [9.17, 15) is 0 Å². The minimum absolute atomic E-state index is 0.172. The number of benzene rings is 6. The highest BCUT2D eigenvalue weighted by Gasteiger charge is 2.18. The van der Waals surface area contributed by atoms with Gasteiger partial charge in [-0.2, -0.15) is 5.10 Å². The first-order valence-electron chi connectivity index (χ1n) is 20.8. The number of amidine groups is 1. The quantitative estimate of drug-likeness (QED) is 0.0380. The van der Waals surface area contributed by atoms with Crippen molar-refractivity contribution in [3.63, 3.8) is 0 Å². The first kappa shape index (κ1) is 42.1. The monoisotopic (exact) mass is 802 g/mol. The number of nitrogens with two attached hydrogens (primary N) is 3. The first-order valence-corrected chi connectivity index (χ1v) is 20.8. The van der Waals surface area contributed by atoms with Crippen LogP contribution < -0.4 is 22.6 Å². The third kappa shape index (κ3) is 10.6. The van der Waals surface area contributed by atoms with Gasteiger partial charge >= 0.3 is 0 Å². The zero-order valence-electron chi connectivity index (χ0n) is 34.8. The molecule has 0 spiro atoms. The number of furan rings is 1. The lowest BCUT2D eigenvalue weighted by Gasteiger charge is -2.21. The molecule has 0 fully saturated rings. The average molecular weight is 803 g/mol. The van der Waals surface area contributed by atoms with E-state index in [1.165, 1.54) is 29.6 Å². The van der Waals surface area contributed by atoms with Crippen LogP contribution in [0.5, 0.6) is 0 Å². The fourth-order valence-electron chi connectivity index (χ4n) is 7.73. The molecule has 0 aliphatic heterocycles. The van der Waals surface area contributed by atoms with Crippen LogP contribution in [0.4, 0.5) is 0 Å². The Hall–Kier alpha value is -7.06. The molecule has 1 heterocycles. The third-order valence-electron chi connectivity index (χ3n) is 10.9. The molecule has 9 rings (SSSR count). The predicted octanol–water partition coefficient (Wildman–Crippen LogP) is 12.2. The van der Waals surface area contributed by atoms with Gasteiger partial charge in [0, 0.05) is 28.6 Å². The number of hydrogen-bond acceptors (Lipinski definition) is 6. The van der Waals surface area contributed by atoms with E-state index in [1.807, 2.05) is 36.4 Å². The number of aliphatic imine (C=N–C) groups is 1. The minimum Gasteiger partial charge on any atom is -0.455 e. The van der Waals surface area contributed by atoms with E-state index in [-0.39, 0.29) is 6.04 Å². The Balaban J connectivity index is 0.000000499. The molecule has 0 amide bonds. The van der Waals surface area contributed by atoms with E-state index >= 15 is 0 Å². The lowest BCUT2D eigenvalue weighted by Crippen LogP contribution is -2.34. The number of para-hydroxylation sites is 1. The summed E-state index contributed by atoms with van der Waals surface area (Å²) in [7, 11) is 0. The van der Waals surface area contributed by atoms with Crippen molar-refractivity contribution < 1.29 is 4.42 Å². The predicted molar refractivity (Wildman–Crippen MR) is 257 cm³/mol. The second-order valence-electron chi connectivity index (χ2n) is 15.1. The molecule has 0 saturated carbocycles. The second kappa shape index (κ2) is 20.8. The van der Waals surface area contributed by atoms with Gasteiger partial charge in [-0.15, -0.1) is 0 Å². The van der Waals surface area contributed by atoms with Crippen molar-refractivity contribution in [2.75, 3.05) is 0 Å². The molecule has 61 heavy (non-hydrogen) atoms. The Morgan fingerprint density at radius 1 is 0.738 bits per heavy atom. The summed E-state index contributed by atoms with van der Waals surface area (Å²) >= 11 is 0. The molecule has 0 bridgehead atoms. The summed E-state index contributed by atoms with van der Waals surface area (Å²) in [4.78, 5) is 5.15. The van der Waals surface area contributed by atoms with E-state index in [0.717, 1.165) is 79.6 Å². The van der Waals surface area contributed by atoms with Crippen molar-refractivity contribution in [3.05, 3.63) is 215 Å². The number of allylic oxidation sites excluding steroid dienone is 7. The smallest absolute Gasteiger partial charge is 0.143 e. The molecule has 2 atom stereocenters.